The second-order valence-corrected chi connectivity index (χ2v) is 5.01. The van der Waals surface area contributed by atoms with Gasteiger partial charge in [-0.2, -0.15) is 0 Å². The summed E-state index contributed by atoms with van der Waals surface area (Å²) in [5.41, 5.74) is -0.578. The summed E-state index contributed by atoms with van der Waals surface area (Å²) in [6.45, 7) is 5.31. The highest BCUT2D eigenvalue weighted by atomic mass is 16.6. The van der Waals surface area contributed by atoms with Crippen molar-refractivity contribution in [2.75, 3.05) is 0 Å². The molecule has 0 aromatic carbocycles. The molecule has 0 radical (unpaired) electrons. The minimum atomic E-state index is -0.930. The van der Waals surface area contributed by atoms with Gasteiger partial charge in [-0.05, 0) is 33.6 Å². The summed E-state index contributed by atoms with van der Waals surface area (Å²) in [7, 11) is 0. The zero-order valence-electron chi connectivity index (χ0n) is 9.90. The molecule has 1 aliphatic rings. The Morgan fingerprint density at radius 1 is 1.38 bits per heavy atom. The van der Waals surface area contributed by atoms with Crippen LogP contribution >= 0.6 is 0 Å². The highest BCUT2D eigenvalue weighted by Crippen LogP contribution is 2.27. The van der Waals surface area contributed by atoms with Gasteiger partial charge in [0.25, 0.3) is 0 Å². The van der Waals surface area contributed by atoms with Gasteiger partial charge in [-0.3, -0.25) is 9.59 Å². The first-order valence-corrected chi connectivity index (χ1v) is 5.43. The van der Waals surface area contributed by atoms with Crippen LogP contribution in [0.1, 0.15) is 33.6 Å². The fourth-order valence-electron chi connectivity index (χ4n) is 1.72. The molecule has 90 valence electrons. The Labute approximate surface area is 95.3 Å². The number of aliphatic carboxylic acids is 1. The minimum Gasteiger partial charge on any atom is -0.481 e. The molecule has 0 saturated carbocycles. The van der Waals surface area contributed by atoms with Crippen molar-refractivity contribution in [1.82, 2.24) is 0 Å². The highest BCUT2D eigenvalue weighted by molar-refractivity contribution is 5.83. The Kier molecular flexibility index (Phi) is 3.73. The van der Waals surface area contributed by atoms with Crippen LogP contribution in [0.2, 0.25) is 0 Å². The lowest BCUT2D eigenvalue weighted by molar-refractivity contribution is -0.164. The lowest BCUT2D eigenvalue weighted by Gasteiger charge is -2.27. The standard InChI is InChI=1S/C12H18O4/c1-12(2,3)16-11(15)9-7-5-4-6-8(9)10(13)14/h5,7-9H,4,6H2,1-3H3,(H,13,14)/t8-,9?/m1/s1. The van der Waals surface area contributed by atoms with Gasteiger partial charge in [-0.1, -0.05) is 12.2 Å². The molecule has 0 aliphatic heterocycles. The molecule has 4 nitrogen and oxygen atoms in total. The average molecular weight is 226 g/mol. The Hall–Kier alpha value is -1.32. The van der Waals surface area contributed by atoms with Crippen molar-refractivity contribution in [3.63, 3.8) is 0 Å². The average Bonchev–Trinajstić information content (AvgIpc) is 2.15. The van der Waals surface area contributed by atoms with E-state index in [0.29, 0.717) is 12.8 Å². The smallest absolute Gasteiger partial charge is 0.314 e. The van der Waals surface area contributed by atoms with E-state index < -0.39 is 29.4 Å². The maximum atomic E-state index is 11.8. The van der Waals surface area contributed by atoms with Crippen molar-refractivity contribution in [1.29, 1.82) is 0 Å². The molecule has 2 atom stereocenters. The topological polar surface area (TPSA) is 63.6 Å². The van der Waals surface area contributed by atoms with Gasteiger partial charge >= 0.3 is 11.9 Å². The minimum absolute atomic E-state index is 0.448. The molecule has 0 heterocycles. The van der Waals surface area contributed by atoms with Crippen LogP contribution in [-0.2, 0) is 14.3 Å². The molecular formula is C12H18O4. The van der Waals surface area contributed by atoms with Crippen LogP contribution in [0.3, 0.4) is 0 Å². The number of carboxylic acid groups (broad SMARTS) is 1. The van der Waals surface area contributed by atoms with E-state index >= 15 is 0 Å². The summed E-state index contributed by atoms with van der Waals surface area (Å²) in [4.78, 5) is 22.8. The van der Waals surface area contributed by atoms with E-state index in [4.69, 9.17) is 9.84 Å². The molecule has 1 unspecified atom stereocenters. The first-order chi connectivity index (χ1) is 7.31. The van der Waals surface area contributed by atoms with Gasteiger partial charge in [0, 0.05) is 0 Å². The van der Waals surface area contributed by atoms with Crippen LogP contribution in [0.4, 0.5) is 0 Å². The Balaban J connectivity index is 2.76. The number of allylic oxidation sites excluding steroid dienone is 1. The number of carboxylic acids is 1. The Bertz CT molecular complexity index is 311. The van der Waals surface area contributed by atoms with Crippen LogP contribution in [0, 0.1) is 11.8 Å². The number of hydrogen-bond acceptors (Lipinski definition) is 3. The number of ether oxygens (including phenoxy) is 1. The van der Waals surface area contributed by atoms with E-state index in [2.05, 4.69) is 0 Å². The number of carbonyl (C=O) groups excluding carboxylic acids is 1. The van der Waals surface area contributed by atoms with Gasteiger partial charge in [-0.15, -0.1) is 0 Å². The second-order valence-electron chi connectivity index (χ2n) is 5.01. The molecule has 0 bridgehead atoms. The maximum absolute atomic E-state index is 11.8. The van der Waals surface area contributed by atoms with Gasteiger partial charge in [0.15, 0.2) is 0 Å². The monoisotopic (exact) mass is 226 g/mol. The SMILES string of the molecule is CC(C)(C)OC(=O)C1C=CCC[C@H]1C(=O)O. The number of carbonyl (C=O) groups is 2. The van der Waals surface area contributed by atoms with E-state index in [0.717, 1.165) is 0 Å². The molecule has 0 spiro atoms. The molecule has 1 aliphatic carbocycles. The summed E-state index contributed by atoms with van der Waals surface area (Å²) >= 11 is 0. The van der Waals surface area contributed by atoms with Gasteiger partial charge in [-0.25, -0.2) is 0 Å². The molecular weight excluding hydrogens is 208 g/mol. The molecule has 1 N–H and O–H groups in total. The number of esters is 1. The molecule has 0 fully saturated rings. The lowest BCUT2D eigenvalue weighted by Crippen LogP contribution is -2.35. The number of rotatable bonds is 2. The van der Waals surface area contributed by atoms with Crippen molar-refractivity contribution in [3.05, 3.63) is 12.2 Å². The van der Waals surface area contributed by atoms with Crippen LogP contribution in [0.5, 0.6) is 0 Å². The van der Waals surface area contributed by atoms with Gasteiger partial charge in [0.05, 0.1) is 11.8 Å². The van der Waals surface area contributed by atoms with E-state index in [-0.39, 0.29) is 0 Å². The van der Waals surface area contributed by atoms with Crippen LogP contribution < -0.4 is 0 Å². The number of hydrogen-bond donors (Lipinski definition) is 1. The fourth-order valence-corrected chi connectivity index (χ4v) is 1.72. The summed E-state index contributed by atoms with van der Waals surface area (Å²) < 4.78 is 5.20. The third kappa shape index (κ3) is 3.36. The van der Waals surface area contributed by atoms with Crippen molar-refractivity contribution < 1.29 is 19.4 Å². The third-order valence-electron chi connectivity index (χ3n) is 2.42. The molecule has 0 aromatic heterocycles. The zero-order valence-corrected chi connectivity index (χ0v) is 9.90. The quantitative estimate of drug-likeness (QED) is 0.577. The molecule has 16 heavy (non-hydrogen) atoms. The molecule has 1 rings (SSSR count). The normalized spacial score (nSPS) is 25.2. The van der Waals surface area contributed by atoms with Crippen LogP contribution in [0.15, 0.2) is 12.2 Å². The summed E-state index contributed by atoms with van der Waals surface area (Å²) in [6.07, 6.45) is 4.69. The lowest BCUT2D eigenvalue weighted by atomic mass is 9.84. The van der Waals surface area contributed by atoms with Gasteiger partial charge in [0.2, 0.25) is 0 Å². The summed E-state index contributed by atoms with van der Waals surface area (Å²) in [5, 5.41) is 9.01. The first-order valence-electron chi connectivity index (χ1n) is 5.43. The van der Waals surface area contributed by atoms with Crippen molar-refractivity contribution >= 4 is 11.9 Å². The fraction of sp³-hybridized carbons (Fsp3) is 0.667. The Morgan fingerprint density at radius 2 is 2.00 bits per heavy atom. The van der Waals surface area contributed by atoms with E-state index in [9.17, 15) is 9.59 Å². The predicted octanol–water partition coefficient (Wildman–Crippen LogP) is 2.00. The zero-order chi connectivity index (χ0) is 12.3. The first kappa shape index (κ1) is 12.7. The summed E-state index contributed by atoms with van der Waals surface area (Å²) in [6, 6.07) is 0. The molecule has 0 saturated heterocycles. The van der Waals surface area contributed by atoms with Gasteiger partial charge in [0.1, 0.15) is 5.60 Å². The van der Waals surface area contributed by atoms with Crippen molar-refractivity contribution in [3.8, 4) is 0 Å². The highest BCUT2D eigenvalue weighted by Gasteiger charge is 2.35. The third-order valence-corrected chi connectivity index (χ3v) is 2.42. The van der Waals surface area contributed by atoms with Crippen LogP contribution in [-0.4, -0.2) is 22.6 Å². The molecule has 4 heteroatoms. The van der Waals surface area contributed by atoms with Gasteiger partial charge < -0.3 is 9.84 Å². The van der Waals surface area contributed by atoms with E-state index in [1.807, 2.05) is 6.08 Å². The molecule has 0 amide bonds. The Morgan fingerprint density at radius 3 is 2.50 bits per heavy atom. The summed E-state index contributed by atoms with van der Waals surface area (Å²) in [5.74, 6) is -2.68. The predicted molar refractivity (Wildman–Crippen MR) is 58.8 cm³/mol. The van der Waals surface area contributed by atoms with E-state index in [1.54, 1.807) is 26.8 Å². The van der Waals surface area contributed by atoms with Crippen LogP contribution in [0.25, 0.3) is 0 Å². The molecule has 0 aromatic rings. The maximum Gasteiger partial charge on any atom is 0.314 e. The largest absolute Gasteiger partial charge is 0.481 e. The second kappa shape index (κ2) is 4.68. The van der Waals surface area contributed by atoms with E-state index in [1.165, 1.54) is 0 Å². The van der Waals surface area contributed by atoms with Crippen molar-refractivity contribution in [2.45, 2.75) is 39.2 Å². The van der Waals surface area contributed by atoms with Crippen molar-refractivity contribution in [2.24, 2.45) is 11.8 Å².